The van der Waals surface area contributed by atoms with Gasteiger partial charge in [-0.2, -0.15) is 0 Å². The molecule has 1 rings (SSSR count). The molecule has 1 atom stereocenters. The van der Waals surface area contributed by atoms with Crippen molar-refractivity contribution in [2.45, 2.75) is 44.4 Å². The summed E-state index contributed by atoms with van der Waals surface area (Å²) in [7, 11) is -0.964. The van der Waals surface area contributed by atoms with E-state index in [-0.39, 0.29) is 6.42 Å². The summed E-state index contributed by atoms with van der Waals surface area (Å²) < 4.78 is 12.0. The predicted molar refractivity (Wildman–Crippen MR) is 73.3 cm³/mol. The Balaban J connectivity index is 2.36. The van der Waals surface area contributed by atoms with Crippen molar-refractivity contribution in [2.24, 2.45) is 0 Å². The molecule has 1 aromatic rings. The molecule has 0 saturated carbocycles. The van der Waals surface area contributed by atoms with E-state index < -0.39 is 16.8 Å². The average molecular weight is 268 g/mol. The fourth-order valence-electron chi connectivity index (χ4n) is 1.66. The number of unbranched alkanes of at least 4 members (excludes halogenated alkanes) is 2. The maximum atomic E-state index is 12.0. The molecule has 0 spiro atoms. The second kappa shape index (κ2) is 7.31. The molecule has 0 amide bonds. The number of carbonyl (C=O) groups is 1. The Labute approximate surface area is 111 Å². The van der Waals surface area contributed by atoms with Gasteiger partial charge in [0.2, 0.25) is 0 Å². The van der Waals surface area contributed by atoms with Gasteiger partial charge in [-0.3, -0.25) is 9.00 Å². The third kappa shape index (κ3) is 5.00. The van der Waals surface area contributed by atoms with Gasteiger partial charge in [-0.15, -0.1) is 0 Å². The van der Waals surface area contributed by atoms with Crippen LogP contribution in [0.5, 0.6) is 0 Å². The van der Waals surface area contributed by atoms with Gasteiger partial charge in [-0.1, -0.05) is 12.5 Å². The molecular weight excluding hydrogens is 248 g/mol. The van der Waals surface area contributed by atoms with Crippen molar-refractivity contribution >= 4 is 16.8 Å². The summed E-state index contributed by atoms with van der Waals surface area (Å²) in [5, 5.41) is 8.50. The van der Waals surface area contributed by atoms with E-state index in [1.807, 2.05) is 32.0 Å². The van der Waals surface area contributed by atoms with Crippen molar-refractivity contribution in [3.63, 3.8) is 0 Å². The Morgan fingerprint density at radius 1 is 1.17 bits per heavy atom. The van der Waals surface area contributed by atoms with Crippen molar-refractivity contribution < 1.29 is 14.1 Å². The highest BCUT2D eigenvalue weighted by Crippen LogP contribution is 2.14. The number of rotatable bonds is 7. The van der Waals surface area contributed by atoms with E-state index >= 15 is 0 Å². The van der Waals surface area contributed by atoms with Crippen molar-refractivity contribution in [3.8, 4) is 0 Å². The summed E-state index contributed by atoms with van der Waals surface area (Å²) >= 11 is 0. The molecular formula is C14H20O3S. The van der Waals surface area contributed by atoms with Crippen LogP contribution in [0.4, 0.5) is 0 Å². The van der Waals surface area contributed by atoms with E-state index in [2.05, 4.69) is 0 Å². The fourth-order valence-corrected chi connectivity index (χ4v) is 2.89. The van der Waals surface area contributed by atoms with Crippen LogP contribution < -0.4 is 0 Å². The first-order valence-corrected chi connectivity index (χ1v) is 7.50. The quantitative estimate of drug-likeness (QED) is 0.773. The van der Waals surface area contributed by atoms with Crippen LogP contribution in [-0.4, -0.2) is 21.0 Å². The number of hydrogen-bond acceptors (Lipinski definition) is 2. The highest BCUT2D eigenvalue weighted by molar-refractivity contribution is 7.85. The summed E-state index contributed by atoms with van der Waals surface area (Å²) in [6.45, 7) is 4.05. The van der Waals surface area contributed by atoms with Crippen LogP contribution in [0.3, 0.4) is 0 Å². The van der Waals surface area contributed by atoms with Crippen LogP contribution in [0.1, 0.15) is 36.8 Å². The summed E-state index contributed by atoms with van der Waals surface area (Å²) in [5.74, 6) is -0.146. The minimum absolute atomic E-state index is 0.205. The monoisotopic (exact) mass is 268 g/mol. The second-order valence-electron chi connectivity index (χ2n) is 4.50. The number of carboxylic acids is 1. The van der Waals surface area contributed by atoms with Gasteiger partial charge in [0.15, 0.2) is 0 Å². The third-order valence-corrected chi connectivity index (χ3v) is 4.40. The summed E-state index contributed by atoms with van der Waals surface area (Å²) in [5.41, 5.74) is 2.36. The smallest absolute Gasteiger partial charge is 0.303 e. The van der Waals surface area contributed by atoms with Gasteiger partial charge >= 0.3 is 5.97 Å². The summed E-state index contributed by atoms with van der Waals surface area (Å²) in [4.78, 5) is 11.2. The van der Waals surface area contributed by atoms with Crippen LogP contribution in [0.25, 0.3) is 0 Å². The normalized spacial score (nSPS) is 12.3. The predicted octanol–water partition coefficient (Wildman–Crippen LogP) is 3.06. The first-order chi connectivity index (χ1) is 8.50. The topological polar surface area (TPSA) is 54.4 Å². The van der Waals surface area contributed by atoms with Crippen molar-refractivity contribution in [3.05, 3.63) is 29.3 Å². The first-order valence-electron chi connectivity index (χ1n) is 6.18. The molecule has 0 aromatic heterocycles. The van der Waals surface area contributed by atoms with E-state index in [0.29, 0.717) is 12.2 Å². The molecule has 1 unspecified atom stereocenters. The third-order valence-electron chi connectivity index (χ3n) is 2.96. The number of carboxylic acid groups (broad SMARTS) is 1. The molecule has 4 heteroatoms. The summed E-state index contributed by atoms with van der Waals surface area (Å²) in [6, 6.07) is 5.88. The molecule has 0 aliphatic rings. The number of aliphatic carboxylic acids is 1. The molecule has 0 radical (unpaired) electrons. The number of benzene rings is 1. The Morgan fingerprint density at radius 3 is 2.50 bits per heavy atom. The van der Waals surface area contributed by atoms with E-state index in [9.17, 15) is 9.00 Å². The van der Waals surface area contributed by atoms with E-state index in [0.717, 1.165) is 23.3 Å². The van der Waals surface area contributed by atoms with E-state index in [4.69, 9.17) is 5.11 Å². The molecule has 0 heterocycles. The lowest BCUT2D eigenvalue weighted by Crippen LogP contribution is -2.00. The molecule has 0 bridgehead atoms. The van der Waals surface area contributed by atoms with Crippen molar-refractivity contribution in [2.75, 3.05) is 5.75 Å². The molecule has 1 aromatic carbocycles. The minimum Gasteiger partial charge on any atom is -0.481 e. The van der Waals surface area contributed by atoms with Crippen LogP contribution in [-0.2, 0) is 15.6 Å². The van der Waals surface area contributed by atoms with E-state index in [1.165, 1.54) is 5.56 Å². The SMILES string of the molecule is Cc1ccc(S(=O)CCCCCC(=O)O)cc1C. The highest BCUT2D eigenvalue weighted by Gasteiger charge is 2.05. The van der Waals surface area contributed by atoms with Gasteiger partial charge in [0.05, 0.1) is 10.8 Å². The summed E-state index contributed by atoms with van der Waals surface area (Å²) in [6.07, 6.45) is 2.51. The maximum absolute atomic E-state index is 12.0. The van der Waals surface area contributed by atoms with Crippen LogP contribution in [0, 0.1) is 13.8 Å². The van der Waals surface area contributed by atoms with Gasteiger partial charge in [-0.25, -0.2) is 0 Å². The number of hydrogen-bond donors (Lipinski definition) is 1. The van der Waals surface area contributed by atoms with Crippen molar-refractivity contribution in [1.82, 2.24) is 0 Å². The Bertz CT molecular complexity index is 441. The van der Waals surface area contributed by atoms with Crippen LogP contribution in [0.15, 0.2) is 23.1 Å². The lowest BCUT2D eigenvalue weighted by atomic mass is 10.1. The average Bonchev–Trinajstić information content (AvgIpc) is 2.31. The van der Waals surface area contributed by atoms with Gasteiger partial charge < -0.3 is 5.11 Å². The Kier molecular flexibility index (Phi) is 6.05. The number of aryl methyl sites for hydroxylation is 2. The molecule has 0 saturated heterocycles. The second-order valence-corrected chi connectivity index (χ2v) is 6.07. The largest absolute Gasteiger partial charge is 0.481 e. The van der Waals surface area contributed by atoms with Crippen molar-refractivity contribution in [1.29, 1.82) is 0 Å². The standard InChI is InChI=1S/C14H20O3S/c1-11-7-8-13(10-12(11)2)18(17)9-5-3-4-6-14(15)16/h7-8,10H,3-6,9H2,1-2H3,(H,15,16). The molecule has 3 nitrogen and oxygen atoms in total. The fraction of sp³-hybridized carbons (Fsp3) is 0.500. The molecule has 0 aliphatic heterocycles. The molecule has 18 heavy (non-hydrogen) atoms. The molecule has 0 fully saturated rings. The minimum atomic E-state index is -0.964. The molecule has 1 N–H and O–H groups in total. The molecule has 100 valence electrons. The first kappa shape index (κ1) is 14.9. The van der Waals surface area contributed by atoms with Gasteiger partial charge in [0.1, 0.15) is 0 Å². The van der Waals surface area contributed by atoms with Gasteiger partial charge in [0.25, 0.3) is 0 Å². The highest BCUT2D eigenvalue weighted by atomic mass is 32.2. The zero-order valence-corrected chi connectivity index (χ0v) is 11.8. The lowest BCUT2D eigenvalue weighted by molar-refractivity contribution is -0.137. The zero-order chi connectivity index (χ0) is 13.5. The van der Waals surface area contributed by atoms with Gasteiger partial charge in [-0.05, 0) is 49.9 Å². The van der Waals surface area contributed by atoms with Gasteiger partial charge in [0, 0.05) is 17.1 Å². The van der Waals surface area contributed by atoms with E-state index in [1.54, 1.807) is 0 Å². The van der Waals surface area contributed by atoms with Crippen LogP contribution in [0.2, 0.25) is 0 Å². The van der Waals surface area contributed by atoms with Crippen LogP contribution >= 0.6 is 0 Å². The molecule has 0 aliphatic carbocycles. The Morgan fingerprint density at radius 2 is 1.89 bits per heavy atom. The zero-order valence-electron chi connectivity index (χ0n) is 10.9. The maximum Gasteiger partial charge on any atom is 0.303 e. The Hall–Kier alpha value is -1.16. The lowest BCUT2D eigenvalue weighted by Gasteiger charge is -2.05.